The molecule has 0 unspecified atom stereocenters. The van der Waals surface area contributed by atoms with E-state index in [4.69, 9.17) is 10.5 Å². The Balaban J connectivity index is 1.80. The van der Waals surface area contributed by atoms with Gasteiger partial charge in [0.15, 0.2) is 0 Å². The standard InChI is InChI=1S/C19H18N2O4/c20-11-18(23)21(9-10-22)19(24)25-12-17-15-7-3-1-5-13(15)14-6-2-4-8-16(14)17/h1-8,10,17H,9,11-12,20H2. The molecule has 6 nitrogen and oxygen atoms in total. The van der Waals surface area contributed by atoms with Crippen molar-refractivity contribution < 1.29 is 19.1 Å². The van der Waals surface area contributed by atoms with Crippen LogP contribution in [0.25, 0.3) is 11.1 Å². The van der Waals surface area contributed by atoms with Crippen LogP contribution in [-0.4, -0.2) is 42.9 Å². The summed E-state index contributed by atoms with van der Waals surface area (Å²) < 4.78 is 5.33. The second-order valence-corrected chi connectivity index (χ2v) is 5.68. The van der Waals surface area contributed by atoms with Gasteiger partial charge in [0.2, 0.25) is 5.91 Å². The van der Waals surface area contributed by atoms with Gasteiger partial charge in [0, 0.05) is 5.92 Å². The van der Waals surface area contributed by atoms with E-state index < -0.39 is 12.0 Å². The zero-order valence-corrected chi connectivity index (χ0v) is 13.6. The van der Waals surface area contributed by atoms with Crippen LogP contribution >= 0.6 is 0 Å². The molecule has 128 valence electrons. The maximum absolute atomic E-state index is 12.2. The Labute approximate surface area is 145 Å². The molecule has 25 heavy (non-hydrogen) atoms. The Morgan fingerprint density at radius 1 is 1.04 bits per heavy atom. The van der Waals surface area contributed by atoms with Gasteiger partial charge in [-0.15, -0.1) is 0 Å². The van der Waals surface area contributed by atoms with Gasteiger partial charge in [0.05, 0.1) is 13.1 Å². The molecular formula is C19H18N2O4. The van der Waals surface area contributed by atoms with Gasteiger partial charge in [0.1, 0.15) is 12.9 Å². The number of aldehydes is 1. The molecule has 0 heterocycles. The quantitative estimate of drug-likeness (QED) is 0.841. The summed E-state index contributed by atoms with van der Waals surface area (Å²) in [6.07, 6.45) is -0.390. The number of fused-ring (bicyclic) bond motifs is 3. The molecule has 0 bridgehead atoms. The monoisotopic (exact) mass is 338 g/mol. The van der Waals surface area contributed by atoms with Crippen LogP contribution in [0.5, 0.6) is 0 Å². The fourth-order valence-corrected chi connectivity index (χ4v) is 3.13. The predicted octanol–water partition coefficient (Wildman–Crippen LogP) is 1.92. The molecule has 1 aliphatic rings. The number of carbonyl (C=O) groups excluding carboxylic acids is 3. The lowest BCUT2D eigenvalue weighted by Crippen LogP contribution is -2.42. The highest BCUT2D eigenvalue weighted by molar-refractivity contribution is 5.94. The highest BCUT2D eigenvalue weighted by Crippen LogP contribution is 2.44. The van der Waals surface area contributed by atoms with Gasteiger partial charge in [-0.3, -0.25) is 4.79 Å². The molecule has 2 amide bonds. The summed E-state index contributed by atoms with van der Waals surface area (Å²) in [7, 11) is 0. The third kappa shape index (κ3) is 3.16. The van der Waals surface area contributed by atoms with Crippen LogP contribution in [0.2, 0.25) is 0 Å². The van der Waals surface area contributed by atoms with E-state index in [-0.39, 0.29) is 25.6 Å². The third-order valence-electron chi connectivity index (χ3n) is 4.29. The number of nitrogens with two attached hydrogens (primary N) is 1. The second kappa shape index (κ2) is 7.27. The maximum Gasteiger partial charge on any atom is 0.416 e. The fourth-order valence-electron chi connectivity index (χ4n) is 3.13. The van der Waals surface area contributed by atoms with Crippen LogP contribution in [-0.2, 0) is 14.3 Å². The van der Waals surface area contributed by atoms with Crippen molar-refractivity contribution in [1.82, 2.24) is 4.90 Å². The van der Waals surface area contributed by atoms with E-state index in [0.29, 0.717) is 6.29 Å². The molecule has 2 aromatic rings. The van der Waals surface area contributed by atoms with E-state index >= 15 is 0 Å². The number of benzene rings is 2. The normalized spacial score (nSPS) is 12.2. The van der Waals surface area contributed by atoms with Crippen molar-refractivity contribution >= 4 is 18.3 Å². The first-order valence-electron chi connectivity index (χ1n) is 7.96. The molecule has 0 saturated carbocycles. The number of hydrogen-bond acceptors (Lipinski definition) is 5. The molecule has 0 aromatic heterocycles. The summed E-state index contributed by atoms with van der Waals surface area (Å²) in [5.41, 5.74) is 9.64. The zero-order chi connectivity index (χ0) is 17.8. The average molecular weight is 338 g/mol. The van der Waals surface area contributed by atoms with Gasteiger partial charge in [-0.25, -0.2) is 9.69 Å². The minimum atomic E-state index is -0.857. The molecule has 1 aliphatic carbocycles. The molecule has 3 rings (SSSR count). The topological polar surface area (TPSA) is 89.7 Å². The number of carbonyl (C=O) groups is 3. The molecule has 0 atom stereocenters. The van der Waals surface area contributed by atoms with E-state index in [1.165, 1.54) is 0 Å². The molecule has 0 radical (unpaired) electrons. The second-order valence-electron chi connectivity index (χ2n) is 5.68. The summed E-state index contributed by atoms with van der Waals surface area (Å²) in [6.45, 7) is -0.648. The predicted molar refractivity (Wildman–Crippen MR) is 91.9 cm³/mol. The van der Waals surface area contributed by atoms with Crippen molar-refractivity contribution in [2.75, 3.05) is 19.7 Å². The van der Waals surface area contributed by atoms with Crippen LogP contribution in [0, 0.1) is 0 Å². The number of hydrogen-bond donors (Lipinski definition) is 1. The van der Waals surface area contributed by atoms with E-state index in [9.17, 15) is 14.4 Å². The molecule has 2 N–H and O–H groups in total. The first-order chi connectivity index (χ1) is 12.2. The first-order valence-corrected chi connectivity index (χ1v) is 7.96. The van der Waals surface area contributed by atoms with Crippen molar-refractivity contribution in [2.24, 2.45) is 5.73 Å². The van der Waals surface area contributed by atoms with Crippen LogP contribution in [0.15, 0.2) is 48.5 Å². The summed E-state index contributed by atoms with van der Waals surface area (Å²) >= 11 is 0. The van der Waals surface area contributed by atoms with Gasteiger partial charge < -0.3 is 15.3 Å². The summed E-state index contributed by atoms with van der Waals surface area (Å²) in [5, 5.41) is 0. The molecule has 6 heteroatoms. The molecule has 0 saturated heterocycles. The minimum absolute atomic E-state index is 0.0834. The van der Waals surface area contributed by atoms with Crippen molar-refractivity contribution in [1.29, 1.82) is 0 Å². The first kappa shape index (κ1) is 16.9. The highest BCUT2D eigenvalue weighted by atomic mass is 16.6. The van der Waals surface area contributed by atoms with Crippen molar-refractivity contribution in [3.8, 4) is 11.1 Å². The Morgan fingerprint density at radius 3 is 2.12 bits per heavy atom. The Hall–Kier alpha value is -2.99. The fraction of sp³-hybridized carbons (Fsp3) is 0.211. The molecule has 0 spiro atoms. The Morgan fingerprint density at radius 2 is 1.60 bits per heavy atom. The SMILES string of the molecule is NCC(=O)N(CC=O)C(=O)OCC1c2ccccc2-c2ccccc21. The Kier molecular flexibility index (Phi) is 4.90. The smallest absolute Gasteiger partial charge is 0.416 e. The Bertz CT molecular complexity index is 773. The number of imide groups is 1. The van der Waals surface area contributed by atoms with Crippen molar-refractivity contribution in [2.45, 2.75) is 5.92 Å². The molecular weight excluding hydrogens is 320 g/mol. The lowest BCUT2D eigenvalue weighted by molar-refractivity contribution is -0.130. The van der Waals surface area contributed by atoms with E-state index in [2.05, 4.69) is 0 Å². The van der Waals surface area contributed by atoms with Crippen LogP contribution in [0.3, 0.4) is 0 Å². The minimum Gasteiger partial charge on any atom is -0.448 e. The number of ether oxygens (including phenoxy) is 1. The van der Waals surface area contributed by atoms with Gasteiger partial charge in [0.25, 0.3) is 0 Å². The summed E-state index contributed by atoms with van der Waals surface area (Å²) in [4.78, 5) is 35.3. The van der Waals surface area contributed by atoms with Gasteiger partial charge in [-0.2, -0.15) is 0 Å². The van der Waals surface area contributed by atoms with E-state index in [1.807, 2.05) is 48.5 Å². The summed E-state index contributed by atoms with van der Waals surface area (Å²) in [5.74, 6) is -0.758. The number of amides is 2. The van der Waals surface area contributed by atoms with E-state index in [0.717, 1.165) is 27.2 Å². The summed E-state index contributed by atoms with van der Waals surface area (Å²) in [6, 6.07) is 15.9. The number of nitrogens with zero attached hydrogens (tertiary/aromatic N) is 1. The lowest BCUT2D eigenvalue weighted by atomic mass is 9.98. The van der Waals surface area contributed by atoms with Gasteiger partial charge >= 0.3 is 6.09 Å². The van der Waals surface area contributed by atoms with Gasteiger partial charge in [-0.05, 0) is 22.3 Å². The van der Waals surface area contributed by atoms with Crippen molar-refractivity contribution in [3.05, 3.63) is 59.7 Å². The maximum atomic E-state index is 12.2. The zero-order valence-electron chi connectivity index (χ0n) is 13.6. The molecule has 0 fully saturated rings. The van der Waals surface area contributed by atoms with Gasteiger partial charge in [-0.1, -0.05) is 48.5 Å². The lowest BCUT2D eigenvalue weighted by Gasteiger charge is -2.19. The van der Waals surface area contributed by atoms with Crippen LogP contribution in [0.1, 0.15) is 17.0 Å². The van der Waals surface area contributed by atoms with Crippen molar-refractivity contribution in [3.63, 3.8) is 0 Å². The third-order valence-corrected chi connectivity index (χ3v) is 4.29. The largest absolute Gasteiger partial charge is 0.448 e. The molecule has 0 aliphatic heterocycles. The van der Waals surface area contributed by atoms with Crippen LogP contribution in [0.4, 0.5) is 4.79 Å². The number of rotatable bonds is 5. The van der Waals surface area contributed by atoms with Crippen LogP contribution < -0.4 is 5.73 Å². The average Bonchev–Trinajstić information content (AvgIpc) is 2.97. The molecule has 2 aromatic carbocycles. The van der Waals surface area contributed by atoms with E-state index in [1.54, 1.807) is 0 Å². The highest BCUT2D eigenvalue weighted by Gasteiger charge is 2.30.